The van der Waals surface area contributed by atoms with Crippen LogP contribution in [-0.4, -0.2) is 0 Å². The van der Waals surface area contributed by atoms with Crippen molar-refractivity contribution in [1.82, 2.24) is 5.43 Å². The summed E-state index contributed by atoms with van der Waals surface area (Å²) >= 11 is 8.27. The van der Waals surface area contributed by atoms with Gasteiger partial charge < -0.3 is 0 Å². The van der Waals surface area contributed by atoms with Crippen molar-refractivity contribution in [2.75, 3.05) is 0 Å². The molecule has 0 saturated carbocycles. The molecule has 0 aliphatic rings. The zero-order chi connectivity index (χ0) is 14.0. The van der Waals surface area contributed by atoms with E-state index in [4.69, 9.17) is 17.4 Å². The summed E-state index contributed by atoms with van der Waals surface area (Å²) in [5.74, 6) is 5.35. The van der Waals surface area contributed by atoms with Crippen LogP contribution in [0.1, 0.15) is 22.7 Å². The van der Waals surface area contributed by atoms with Crippen molar-refractivity contribution in [3.63, 3.8) is 0 Å². The van der Waals surface area contributed by atoms with E-state index in [2.05, 4.69) is 28.0 Å². The molecule has 0 saturated heterocycles. The van der Waals surface area contributed by atoms with E-state index >= 15 is 0 Å². The molecule has 1 atom stereocenters. The highest BCUT2D eigenvalue weighted by Crippen LogP contribution is 2.27. The number of benzene rings is 2. The largest absolute Gasteiger partial charge is 0.271 e. The Hall–Kier alpha value is -0.690. The van der Waals surface area contributed by atoms with Gasteiger partial charge in [-0.1, -0.05) is 29.8 Å². The summed E-state index contributed by atoms with van der Waals surface area (Å²) in [5.41, 5.74) is 4.98. The average molecular weight is 391 g/mol. The van der Waals surface area contributed by atoms with Crippen molar-refractivity contribution in [3.05, 3.63) is 67.5 Å². The normalized spacial score (nSPS) is 12.5. The number of halogens is 3. The molecule has 1 unspecified atom stereocenters. The Morgan fingerprint density at radius 1 is 1.21 bits per heavy atom. The first-order valence-electron chi connectivity index (χ1n) is 5.70. The lowest BCUT2D eigenvalue weighted by atomic mass is 9.98. The highest BCUT2D eigenvalue weighted by Gasteiger charge is 2.14. The summed E-state index contributed by atoms with van der Waals surface area (Å²) in [6.45, 7) is 1.73. The van der Waals surface area contributed by atoms with Crippen molar-refractivity contribution in [3.8, 4) is 0 Å². The van der Waals surface area contributed by atoms with Crippen LogP contribution in [0.2, 0.25) is 5.02 Å². The molecule has 100 valence electrons. The minimum absolute atomic E-state index is 0.241. The molecule has 2 rings (SSSR count). The third kappa shape index (κ3) is 3.25. The molecule has 3 N–H and O–H groups in total. The summed E-state index contributed by atoms with van der Waals surface area (Å²) < 4.78 is 14.6. The van der Waals surface area contributed by atoms with Crippen molar-refractivity contribution in [1.29, 1.82) is 0 Å². The van der Waals surface area contributed by atoms with Gasteiger partial charge in [0.15, 0.2) is 0 Å². The molecule has 0 aliphatic carbocycles. The summed E-state index contributed by atoms with van der Waals surface area (Å²) in [6.07, 6.45) is 0. The first-order chi connectivity index (χ1) is 9.02. The van der Waals surface area contributed by atoms with Crippen LogP contribution in [0.3, 0.4) is 0 Å². The third-order valence-corrected chi connectivity index (χ3v) is 4.55. The molecule has 5 heteroatoms. The molecule has 2 aromatic carbocycles. The highest BCUT2D eigenvalue weighted by molar-refractivity contribution is 14.1. The van der Waals surface area contributed by atoms with Crippen LogP contribution in [0.15, 0.2) is 36.4 Å². The molecule has 0 fully saturated rings. The second-order valence-electron chi connectivity index (χ2n) is 4.28. The van der Waals surface area contributed by atoms with Crippen LogP contribution in [0.5, 0.6) is 0 Å². The van der Waals surface area contributed by atoms with Crippen LogP contribution in [0, 0.1) is 16.3 Å². The molecule has 19 heavy (non-hydrogen) atoms. The molecule has 0 aliphatic heterocycles. The first-order valence-corrected chi connectivity index (χ1v) is 7.15. The summed E-state index contributed by atoms with van der Waals surface area (Å²) in [4.78, 5) is 0. The second kappa shape index (κ2) is 6.17. The van der Waals surface area contributed by atoms with Gasteiger partial charge >= 0.3 is 0 Å². The van der Waals surface area contributed by atoms with E-state index in [1.165, 1.54) is 6.07 Å². The third-order valence-electron chi connectivity index (χ3n) is 2.97. The minimum atomic E-state index is -0.287. The Labute approximate surface area is 130 Å². The van der Waals surface area contributed by atoms with Crippen LogP contribution in [0.25, 0.3) is 0 Å². The monoisotopic (exact) mass is 390 g/mol. The van der Waals surface area contributed by atoms with Crippen LogP contribution >= 0.6 is 34.2 Å². The minimum Gasteiger partial charge on any atom is -0.271 e. The maximum absolute atomic E-state index is 13.6. The van der Waals surface area contributed by atoms with Gasteiger partial charge in [-0.05, 0) is 64.4 Å². The fourth-order valence-electron chi connectivity index (χ4n) is 1.87. The van der Waals surface area contributed by atoms with Gasteiger partial charge in [0.25, 0.3) is 0 Å². The van der Waals surface area contributed by atoms with Crippen molar-refractivity contribution in [2.45, 2.75) is 13.0 Å². The number of nitrogens with one attached hydrogen (secondary N) is 1. The SMILES string of the molecule is Cc1ccc(C(NN)c2ccc(I)c(Cl)c2)cc1F. The number of rotatable bonds is 3. The summed E-state index contributed by atoms with van der Waals surface area (Å²) in [5, 5.41) is 0.658. The summed E-state index contributed by atoms with van der Waals surface area (Å²) in [7, 11) is 0. The maximum atomic E-state index is 13.6. The molecule has 2 aromatic rings. The van der Waals surface area contributed by atoms with Crippen LogP contribution < -0.4 is 11.3 Å². The summed E-state index contributed by atoms with van der Waals surface area (Å²) in [6, 6.07) is 10.5. The molecule has 0 heterocycles. The zero-order valence-corrected chi connectivity index (χ0v) is 13.2. The molecular weight excluding hydrogens is 378 g/mol. The number of aryl methyl sites for hydroxylation is 1. The van der Waals surface area contributed by atoms with Gasteiger partial charge in [-0.3, -0.25) is 5.84 Å². The van der Waals surface area contributed by atoms with E-state index in [9.17, 15) is 4.39 Å². The Morgan fingerprint density at radius 2 is 1.84 bits per heavy atom. The van der Waals surface area contributed by atoms with E-state index in [1.54, 1.807) is 13.0 Å². The molecule has 0 radical (unpaired) electrons. The number of nitrogens with two attached hydrogens (primary N) is 1. The van der Waals surface area contributed by atoms with Crippen molar-refractivity contribution in [2.24, 2.45) is 5.84 Å². The fourth-order valence-corrected chi connectivity index (χ4v) is 2.39. The van der Waals surface area contributed by atoms with E-state index in [-0.39, 0.29) is 11.9 Å². The lowest BCUT2D eigenvalue weighted by molar-refractivity contribution is 0.599. The fraction of sp³-hybridized carbons (Fsp3) is 0.143. The Bertz CT molecular complexity index is 552. The van der Waals surface area contributed by atoms with Gasteiger partial charge in [0.1, 0.15) is 5.82 Å². The number of hydrogen-bond donors (Lipinski definition) is 2. The Morgan fingerprint density at radius 3 is 2.42 bits per heavy atom. The molecule has 0 spiro atoms. The first kappa shape index (κ1) is 14.7. The standard InChI is InChI=1S/C14H13ClFIN2/c1-8-2-3-10(7-12(8)16)14(19-18)9-4-5-13(17)11(15)6-9/h2-7,14,19H,18H2,1H3. The van der Waals surface area contributed by atoms with Gasteiger partial charge in [0, 0.05) is 3.57 Å². The molecular formula is C14H13ClFIN2. The average Bonchev–Trinajstić information content (AvgIpc) is 2.39. The number of hydrazine groups is 1. The van der Waals surface area contributed by atoms with E-state index in [0.29, 0.717) is 10.6 Å². The van der Waals surface area contributed by atoms with Gasteiger partial charge in [0.05, 0.1) is 11.1 Å². The van der Waals surface area contributed by atoms with Gasteiger partial charge in [0.2, 0.25) is 0 Å². The lowest BCUT2D eigenvalue weighted by Gasteiger charge is -2.18. The Kier molecular flexibility index (Phi) is 4.78. The zero-order valence-electron chi connectivity index (χ0n) is 10.3. The number of hydrogen-bond acceptors (Lipinski definition) is 2. The maximum Gasteiger partial charge on any atom is 0.126 e. The van der Waals surface area contributed by atoms with E-state index in [0.717, 1.165) is 14.7 Å². The molecule has 2 nitrogen and oxygen atoms in total. The topological polar surface area (TPSA) is 38.0 Å². The predicted octanol–water partition coefficient (Wildman–Crippen LogP) is 3.94. The van der Waals surface area contributed by atoms with E-state index < -0.39 is 0 Å². The quantitative estimate of drug-likeness (QED) is 0.473. The van der Waals surface area contributed by atoms with Gasteiger partial charge in [-0.2, -0.15) is 0 Å². The lowest BCUT2D eigenvalue weighted by Crippen LogP contribution is -2.29. The van der Waals surface area contributed by atoms with E-state index in [1.807, 2.05) is 24.3 Å². The van der Waals surface area contributed by atoms with Crippen LogP contribution in [-0.2, 0) is 0 Å². The van der Waals surface area contributed by atoms with Crippen molar-refractivity contribution >= 4 is 34.2 Å². The molecule has 0 aromatic heterocycles. The smallest absolute Gasteiger partial charge is 0.126 e. The predicted molar refractivity (Wildman–Crippen MR) is 84.5 cm³/mol. The Balaban J connectivity index is 2.43. The molecule has 0 bridgehead atoms. The van der Waals surface area contributed by atoms with Crippen LogP contribution in [0.4, 0.5) is 4.39 Å². The van der Waals surface area contributed by atoms with Gasteiger partial charge in [-0.25, -0.2) is 9.82 Å². The van der Waals surface area contributed by atoms with Crippen molar-refractivity contribution < 1.29 is 4.39 Å². The molecule has 0 amide bonds. The second-order valence-corrected chi connectivity index (χ2v) is 5.85. The highest BCUT2D eigenvalue weighted by atomic mass is 127. The van der Waals surface area contributed by atoms with Gasteiger partial charge in [-0.15, -0.1) is 0 Å².